The Morgan fingerprint density at radius 3 is 2.18 bits per heavy atom. The van der Waals surface area contributed by atoms with Gasteiger partial charge < -0.3 is 9.64 Å². The number of para-hydroxylation sites is 1. The van der Waals surface area contributed by atoms with Gasteiger partial charge in [-0.1, -0.05) is 56.3 Å². The number of carbonyl (C=O) groups is 1. The summed E-state index contributed by atoms with van der Waals surface area (Å²) in [5.74, 6) is -1.04. The fraction of sp³-hybridized carbons (Fsp3) is 0.269. The Morgan fingerprint density at radius 1 is 0.939 bits per heavy atom. The lowest BCUT2D eigenvalue weighted by Gasteiger charge is -2.22. The molecule has 0 saturated carbocycles. The summed E-state index contributed by atoms with van der Waals surface area (Å²) >= 11 is -0.173. The van der Waals surface area contributed by atoms with Gasteiger partial charge in [-0.05, 0) is 65.2 Å². The molecule has 7 heteroatoms. The standard InChI is InChI=1S/C26H26F3NO2S/c1-18(2)24(20-12-14-23(15-13-20)33-26(27,28)29)25(31)32-17-19-8-7-11-22(16-19)30(3)21-9-5-4-6-10-21/h4-16,18,24H,17H2,1-3H3. The van der Waals surface area contributed by atoms with Crippen LogP contribution in [0.5, 0.6) is 0 Å². The van der Waals surface area contributed by atoms with E-state index in [1.807, 2.05) is 80.4 Å². The van der Waals surface area contributed by atoms with E-state index < -0.39 is 17.4 Å². The molecule has 1 atom stereocenters. The number of nitrogens with zero attached hydrogens (tertiary/aromatic N) is 1. The Balaban J connectivity index is 1.68. The molecule has 0 N–H and O–H groups in total. The van der Waals surface area contributed by atoms with Crippen LogP contribution in [0.25, 0.3) is 0 Å². The van der Waals surface area contributed by atoms with Crippen molar-refractivity contribution in [2.45, 2.75) is 36.8 Å². The molecular weight excluding hydrogens is 447 g/mol. The summed E-state index contributed by atoms with van der Waals surface area (Å²) in [6.07, 6.45) is 0. The van der Waals surface area contributed by atoms with Gasteiger partial charge in [-0.3, -0.25) is 4.79 Å². The molecule has 0 aliphatic carbocycles. The van der Waals surface area contributed by atoms with Gasteiger partial charge in [0.2, 0.25) is 0 Å². The highest BCUT2D eigenvalue weighted by Crippen LogP contribution is 2.37. The molecule has 0 aromatic heterocycles. The summed E-state index contributed by atoms with van der Waals surface area (Å²) in [4.78, 5) is 15.0. The van der Waals surface area contributed by atoms with Crippen LogP contribution in [-0.2, 0) is 16.1 Å². The third-order valence-corrected chi connectivity index (χ3v) is 5.96. The van der Waals surface area contributed by atoms with Crippen LogP contribution in [0.2, 0.25) is 0 Å². The molecule has 0 fully saturated rings. The van der Waals surface area contributed by atoms with Crippen LogP contribution in [0, 0.1) is 5.92 Å². The molecule has 0 saturated heterocycles. The van der Waals surface area contributed by atoms with Gasteiger partial charge in [0, 0.05) is 23.3 Å². The molecule has 33 heavy (non-hydrogen) atoms. The molecule has 3 aromatic carbocycles. The van der Waals surface area contributed by atoms with Crippen molar-refractivity contribution in [3.63, 3.8) is 0 Å². The van der Waals surface area contributed by atoms with Gasteiger partial charge in [-0.2, -0.15) is 13.2 Å². The Morgan fingerprint density at radius 2 is 1.58 bits per heavy atom. The zero-order valence-electron chi connectivity index (χ0n) is 18.7. The van der Waals surface area contributed by atoms with Gasteiger partial charge in [0.05, 0.1) is 5.92 Å². The summed E-state index contributed by atoms with van der Waals surface area (Å²) < 4.78 is 43.4. The van der Waals surface area contributed by atoms with E-state index in [9.17, 15) is 18.0 Å². The predicted molar refractivity (Wildman–Crippen MR) is 127 cm³/mol. The Kier molecular flexibility index (Phi) is 8.08. The maximum absolute atomic E-state index is 12.9. The molecule has 174 valence electrons. The molecule has 0 amide bonds. The number of halogens is 3. The fourth-order valence-corrected chi connectivity index (χ4v) is 4.11. The lowest BCUT2D eigenvalue weighted by Crippen LogP contribution is -2.21. The van der Waals surface area contributed by atoms with Crippen molar-refractivity contribution >= 4 is 29.1 Å². The average Bonchev–Trinajstić information content (AvgIpc) is 2.78. The molecule has 1 unspecified atom stereocenters. The first kappa shape index (κ1) is 24.7. The number of esters is 1. The van der Waals surface area contributed by atoms with Gasteiger partial charge >= 0.3 is 11.5 Å². The molecule has 3 aromatic rings. The lowest BCUT2D eigenvalue weighted by molar-refractivity contribution is -0.148. The Labute approximate surface area is 196 Å². The molecule has 0 spiro atoms. The maximum atomic E-state index is 12.9. The van der Waals surface area contributed by atoms with Gasteiger partial charge in [-0.15, -0.1) is 0 Å². The molecule has 3 nitrogen and oxygen atoms in total. The van der Waals surface area contributed by atoms with Crippen LogP contribution in [0.4, 0.5) is 24.5 Å². The number of carbonyl (C=O) groups excluding carboxylic acids is 1. The second-order valence-electron chi connectivity index (χ2n) is 8.01. The minimum Gasteiger partial charge on any atom is -0.460 e. The normalized spacial score (nSPS) is 12.5. The topological polar surface area (TPSA) is 29.5 Å². The number of rotatable bonds is 8. The first-order valence-corrected chi connectivity index (χ1v) is 11.4. The predicted octanol–water partition coefficient (Wildman–Crippen LogP) is 7.55. The van der Waals surface area contributed by atoms with Crippen molar-refractivity contribution in [1.29, 1.82) is 0 Å². The summed E-state index contributed by atoms with van der Waals surface area (Å²) in [5.41, 5.74) is -0.852. The molecular formula is C26H26F3NO2S. The maximum Gasteiger partial charge on any atom is 0.446 e. The van der Waals surface area contributed by atoms with Crippen molar-refractivity contribution in [2.75, 3.05) is 11.9 Å². The monoisotopic (exact) mass is 473 g/mol. The number of thioether (sulfide) groups is 1. The van der Waals surface area contributed by atoms with Crippen molar-refractivity contribution in [1.82, 2.24) is 0 Å². The van der Waals surface area contributed by atoms with Crippen LogP contribution < -0.4 is 4.90 Å². The second kappa shape index (κ2) is 10.8. The van der Waals surface area contributed by atoms with Crippen LogP contribution in [0.3, 0.4) is 0 Å². The SMILES string of the molecule is CC(C)C(C(=O)OCc1cccc(N(C)c2ccccc2)c1)c1ccc(SC(F)(F)F)cc1. The third-order valence-electron chi connectivity index (χ3n) is 5.22. The fourth-order valence-electron chi connectivity index (χ4n) is 3.57. The summed E-state index contributed by atoms with van der Waals surface area (Å²) in [5, 5.41) is 0. The minimum atomic E-state index is -4.35. The molecule has 0 aliphatic rings. The van der Waals surface area contributed by atoms with E-state index in [-0.39, 0.29) is 29.2 Å². The van der Waals surface area contributed by atoms with E-state index in [1.165, 1.54) is 12.1 Å². The molecule has 0 heterocycles. The molecule has 3 rings (SSSR count). The van der Waals surface area contributed by atoms with E-state index in [2.05, 4.69) is 0 Å². The quantitative estimate of drug-likeness (QED) is 0.250. The number of anilines is 2. The molecule has 0 bridgehead atoms. The number of ether oxygens (including phenoxy) is 1. The second-order valence-corrected chi connectivity index (χ2v) is 9.15. The van der Waals surface area contributed by atoms with Gasteiger partial charge in [0.1, 0.15) is 6.61 Å². The van der Waals surface area contributed by atoms with E-state index in [4.69, 9.17) is 4.74 Å². The number of hydrogen-bond acceptors (Lipinski definition) is 4. The minimum absolute atomic E-state index is 0.0748. The van der Waals surface area contributed by atoms with Crippen LogP contribution in [0.15, 0.2) is 83.8 Å². The van der Waals surface area contributed by atoms with E-state index in [1.54, 1.807) is 12.1 Å². The Hall–Kier alpha value is -2.93. The largest absolute Gasteiger partial charge is 0.460 e. The zero-order chi connectivity index (χ0) is 24.0. The van der Waals surface area contributed by atoms with Gasteiger partial charge in [0.15, 0.2) is 0 Å². The van der Waals surface area contributed by atoms with E-state index in [0.717, 1.165) is 16.9 Å². The van der Waals surface area contributed by atoms with Crippen LogP contribution >= 0.6 is 11.8 Å². The number of benzene rings is 3. The summed E-state index contributed by atoms with van der Waals surface area (Å²) in [6, 6.07) is 23.6. The van der Waals surface area contributed by atoms with Crippen molar-refractivity contribution < 1.29 is 22.7 Å². The first-order chi connectivity index (χ1) is 15.6. The summed E-state index contributed by atoms with van der Waals surface area (Å²) in [6.45, 7) is 3.89. The van der Waals surface area contributed by atoms with Crippen LogP contribution in [-0.4, -0.2) is 18.5 Å². The molecule has 0 aliphatic heterocycles. The first-order valence-electron chi connectivity index (χ1n) is 10.5. The highest BCUT2D eigenvalue weighted by Gasteiger charge is 2.30. The van der Waals surface area contributed by atoms with Crippen LogP contribution in [0.1, 0.15) is 30.9 Å². The number of hydrogen-bond donors (Lipinski definition) is 0. The van der Waals surface area contributed by atoms with E-state index in [0.29, 0.717) is 5.56 Å². The smallest absolute Gasteiger partial charge is 0.446 e. The van der Waals surface area contributed by atoms with E-state index >= 15 is 0 Å². The zero-order valence-corrected chi connectivity index (χ0v) is 19.5. The lowest BCUT2D eigenvalue weighted by atomic mass is 9.88. The number of alkyl halides is 3. The third kappa shape index (κ3) is 7.02. The summed E-state index contributed by atoms with van der Waals surface area (Å²) in [7, 11) is 1.97. The average molecular weight is 474 g/mol. The van der Waals surface area contributed by atoms with Crippen molar-refractivity contribution in [2.24, 2.45) is 5.92 Å². The van der Waals surface area contributed by atoms with Crippen molar-refractivity contribution in [3.05, 3.63) is 90.0 Å². The van der Waals surface area contributed by atoms with Gasteiger partial charge in [0.25, 0.3) is 0 Å². The highest BCUT2D eigenvalue weighted by molar-refractivity contribution is 8.00. The van der Waals surface area contributed by atoms with Crippen molar-refractivity contribution in [3.8, 4) is 0 Å². The Bertz CT molecular complexity index is 1050. The molecule has 0 radical (unpaired) electrons. The highest BCUT2D eigenvalue weighted by atomic mass is 32.2. The van der Waals surface area contributed by atoms with Gasteiger partial charge in [-0.25, -0.2) is 0 Å².